The lowest BCUT2D eigenvalue weighted by Gasteiger charge is -2.15. The summed E-state index contributed by atoms with van der Waals surface area (Å²) in [6, 6.07) is 16.2. The topological polar surface area (TPSA) is 34.1 Å². The highest BCUT2D eigenvalue weighted by Gasteiger charge is 2.05. The standard InChI is InChI=1S/C14H16N2O/c1-11(12-7-4-3-5-8-12)15-13-9-6-10-14(16-13)17-2/h3-11H,1-2H3,(H,15,16). The largest absolute Gasteiger partial charge is 0.481 e. The van der Waals surface area contributed by atoms with Gasteiger partial charge in [-0.15, -0.1) is 0 Å². The van der Waals surface area contributed by atoms with Crippen LogP contribution in [0.4, 0.5) is 5.82 Å². The molecular weight excluding hydrogens is 212 g/mol. The predicted molar refractivity (Wildman–Crippen MR) is 69.3 cm³/mol. The Morgan fingerprint density at radius 1 is 1.06 bits per heavy atom. The van der Waals surface area contributed by atoms with Crippen molar-refractivity contribution in [2.75, 3.05) is 12.4 Å². The first kappa shape index (κ1) is 11.5. The summed E-state index contributed by atoms with van der Waals surface area (Å²) in [6.07, 6.45) is 0. The average molecular weight is 228 g/mol. The van der Waals surface area contributed by atoms with Gasteiger partial charge in [0.25, 0.3) is 0 Å². The van der Waals surface area contributed by atoms with Crippen LogP contribution in [-0.4, -0.2) is 12.1 Å². The van der Waals surface area contributed by atoms with Crippen molar-refractivity contribution in [2.45, 2.75) is 13.0 Å². The lowest BCUT2D eigenvalue weighted by atomic mass is 10.1. The molecule has 0 bridgehead atoms. The zero-order valence-corrected chi connectivity index (χ0v) is 10.1. The van der Waals surface area contributed by atoms with E-state index in [0.29, 0.717) is 5.88 Å². The van der Waals surface area contributed by atoms with Crippen molar-refractivity contribution < 1.29 is 4.74 Å². The highest BCUT2D eigenvalue weighted by molar-refractivity contribution is 5.40. The third-order valence-electron chi connectivity index (χ3n) is 2.60. The van der Waals surface area contributed by atoms with E-state index in [9.17, 15) is 0 Å². The molecule has 88 valence electrons. The maximum Gasteiger partial charge on any atom is 0.214 e. The lowest BCUT2D eigenvalue weighted by molar-refractivity contribution is 0.398. The van der Waals surface area contributed by atoms with Crippen LogP contribution < -0.4 is 10.1 Å². The van der Waals surface area contributed by atoms with Gasteiger partial charge in [0, 0.05) is 12.1 Å². The first-order chi connectivity index (χ1) is 8.29. The van der Waals surface area contributed by atoms with Gasteiger partial charge in [-0.05, 0) is 18.6 Å². The van der Waals surface area contributed by atoms with E-state index in [4.69, 9.17) is 4.74 Å². The summed E-state index contributed by atoms with van der Waals surface area (Å²) < 4.78 is 5.09. The van der Waals surface area contributed by atoms with E-state index >= 15 is 0 Å². The molecule has 1 unspecified atom stereocenters. The molecule has 0 saturated heterocycles. The molecule has 0 spiro atoms. The third kappa shape index (κ3) is 2.97. The van der Waals surface area contributed by atoms with Crippen LogP contribution in [0.15, 0.2) is 48.5 Å². The van der Waals surface area contributed by atoms with Crippen molar-refractivity contribution in [2.24, 2.45) is 0 Å². The number of benzene rings is 1. The Bertz CT molecular complexity index is 471. The number of hydrogen-bond acceptors (Lipinski definition) is 3. The average Bonchev–Trinajstić information content (AvgIpc) is 2.40. The van der Waals surface area contributed by atoms with Crippen LogP contribution in [0, 0.1) is 0 Å². The van der Waals surface area contributed by atoms with Gasteiger partial charge in [-0.2, -0.15) is 4.98 Å². The van der Waals surface area contributed by atoms with E-state index in [1.807, 2.05) is 36.4 Å². The van der Waals surface area contributed by atoms with E-state index in [2.05, 4.69) is 29.4 Å². The predicted octanol–water partition coefficient (Wildman–Crippen LogP) is 3.26. The first-order valence-electron chi connectivity index (χ1n) is 5.62. The number of rotatable bonds is 4. The second-order valence-corrected chi connectivity index (χ2v) is 3.84. The smallest absolute Gasteiger partial charge is 0.214 e. The van der Waals surface area contributed by atoms with Crippen molar-refractivity contribution in [1.82, 2.24) is 4.98 Å². The molecule has 1 heterocycles. The van der Waals surface area contributed by atoms with Gasteiger partial charge < -0.3 is 10.1 Å². The molecular formula is C14H16N2O. The highest BCUT2D eigenvalue weighted by Crippen LogP contribution is 2.18. The number of anilines is 1. The lowest BCUT2D eigenvalue weighted by Crippen LogP contribution is -2.07. The number of pyridine rings is 1. The van der Waals surface area contributed by atoms with Crippen LogP contribution in [0.1, 0.15) is 18.5 Å². The summed E-state index contributed by atoms with van der Waals surface area (Å²) in [5, 5.41) is 3.34. The number of ether oxygens (including phenoxy) is 1. The Morgan fingerprint density at radius 3 is 2.53 bits per heavy atom. The summed E-state index contributed by atoms with van der Waals surface area (Å²) in [7, 11) is 1.62. The fourth-order valence-electron chi connectivity index (χ4n) is 1.66. The van der Waals surface area contributed by atoms with E-state index in [1.165, 1.54) is 5.56 Å². The third-order valence-corrected chi connectivity index (χ3v) is 2.60. The first-order valence-corrected chi connectivity index (χ1v) is 5.62. The van der Waals surface area contributed by atoms with Crippen molar-refractivity contribution in [3.05, 3.63) is 54.1 Å². The second kappa shape index (κ2) is 5.34. The Morgan fingerprint density at radius 2 is 1.82 bits per heavy atom. The maximum atomic E-state index is 5.09. The van der Waals surface area contributed by atoms with Crippen molar-refractivity contribution >= 4 is 5.82 Å². The van der Waals surface area contributed by atoms with Crippen molar-refractivity contribution in [1.29, 1.82) is 0 Å². The van der Waals surface area contributed by atoms with E-state index < -0.39 is 0 Å². The second-order valence-electron chi connectivity index (χ2n) is 3.84. The maximum absolute atomic E-state index is 5.09. The molecule has 0 saturated carbocycles. The molecule has 2 rings (SSSR count). The van der Waals surface area contributed by atoms with E-state index in [-0.39, 0.29) is 6.04 Å². The van der Waals surface area contributed by atoms with Gasteiger partial charge in [-0.3, -0.25) is 0 Å². The van der Waals surface area contributed by atoms with Crippen LogP contribution in [0.2, 0.25) is 0 Å². The molecule has 1 N–H and O–H groups in total. The molecule has 0 fully saturated rings. The van der Waals surface area contributed by atoms with Crippen molar-refractivity contribution in [3.63, 3.8) is 0 Å². The number of nitrogens with one attached hydrogen (secondary N) is 1. The number of methoxy groups -OCH3 is 1. The van der Waals surface area contributed by atoms with Gasteiger partial charge in [-0.25, -0.2) is 0 Å². The summed E-state index contributed by atoms with van der Waals surface area (Å²) >= 11 is 0. The van der Waals surface area contributed by atoms with E-state index in [1.54, 1.807) is 7.11 Å². The van der Waals surface area contributed by atoms with Crippen LogP contribution >= 0.6 is 0 Å². The molecule has 3 nitrogen and oxygen atoms in total. The highest BCUT2D eigenvalue weighted by atomic mass is 16.5. The molecule has 1 aromatic carbocycles. The Labute approximate surface area is 101 Å². The van der Waals surface area contributed by atoms with Gasteiger partial charge in [0.2, 0.25) is 5.88 Å². The minimum absolute atomic E-state index is 0.218. The summed E-state index contributed by atoms with van der Waals surface area (Å²) in [4.78, 5) is 4.32. The molecule has 0 aliphatic rings. The Kier molecular flexibility index (Phi) is 3.60. The number of hydrogen-bond donors (Lipinski definition) is 1. The fourth-order valence-corrected chi connectivity index (χ4v) is 1.66. The summed E-state index contributed by atoms with van der Waals surface area (Å²) in [5.74, 6) is 1.44. The van der Waals surface area contributed by atoms with Gasteiger partial charge >= 0.3 is 0 Å². The molecule has 1 aromatic heterocycles. The van der Waals surface area contributed by atoms with Gasteiger partial charge in [0.15, 0.2) is 0 Å². The SMILES string of the molecule is COc1cccc(NC(C)c2ccccc2)n1. The molecule has 0 aliphatic heterocycles. The summed E-state index contributed by atoms with van der Waals surface area (Å²) in [5.41, 5.74) is 1.23. The minimum atomic E-state index is 0.218. The zero-order chi connectivity index (χ0) is 12.1. The molecule has 1 atom stereocenters. The van der Waals surface area contributed by atoms with Crippen LogP contribution in [0.3, 0.4) is 0 Å². The molecule has 3 heteroatoms. The summed E-state index contributed by atoms with van der Waals surface area (Å²) in [6.45, 7) is 2.11. The van der Waals surface area contributed by atoms with Gasteiger partial charge in [0.05, 0.1) is 7.11 Å². The molecule has 2 aromatic rings. The monoisotopic (exact) mass is 228 g/mol. The zero-order valence-electron chi connectivity index (χ0n) is 10.1. The van der Waals surface area contributed by atoms with Gasteiger partial charge in [0.1, 0.15) is 5.82 Å². The Balaban J connectivity index is 2.10. The normalized spacial score (nSPS) is 11.9. The molecule has 0 aliphatic carbocycles. The van der Waals surface area contributed by atoms with Crippen LogP contribution in [0.25, 0.3) is 0 Å². The molecule has 0 amide bonds. The van der Waals surface area contributed by atoms with Crippen molar-refractivity contribution in [3.8, 4) is 5.88 Å². The number of nitrogens with zero attached hydrogens (tertiary/aromatic N) is 1. The number of aromatic nitrogens is 1. The molecule has 0 radical (unpaired) electrons. The molecule has 17 heavy (non-hydrogen) atoms. The van der Waals surface area contributed by atoms with Crippen LogP contribution in [-0.2, 0) is 0 Å². The Hall–Kier alpha value is -2.03. The van der Waals surface area contributed by atoms with Gasteiger partial charge in [-0.1, -0.05) is 36.4 Å². The minimum Gasteiger partial charge on any atom is -0.481 e. The van der Waals surface area contributed by atoms with E-state index in [0.717, 1.165) is 5.82 Å². The van der Waals surface area contributed by atoms with Crippen LogP contribution in [0.5, 0.6) is 5.88 Å². The fraction of sp³-hybridized carbons (Fsp3) is 0.214. The quantitative estimate of drug-likeness (QED) is 0.872.